The number of amides is 1. The molecule has 0 radical (unpaired) electrons. The predicted octanol–water partition coefficient (Wildman–Crippen LogP) is 3.29. The largest absolute Gasteiger partial charge is 0.352 e. The first-order chi connectivity index (χ1) is 15.4. The van der Waals surface area contributed by atoms with E-state index in [9.17, 15) is 13.2 Å². The second-order valence-corrected chi connectivity index (χ2v) is 10.2. The number of rotatable bonds is 6. The number of pyridine rings is 1. The Bertz CT molecular complexity index is 1210. The molecular weight excluding hydrogens is 473 g/mol. The normalized spacial score (nSPS) is 15.6. The van der Waals surface area contributed by atoms with Crippen LogP contribution >= 0.6 is 23.2 Å². The van der Waals surface area contributed by atoms with E-state index in [1.807, 2.05) is 6.07 Å². The Morgan fingerprint density at radius 3 is 2.62 bits per heavy atom. The van der Waals surface area contributed by atoms with Crippen molar-refractivity contribution in [1.82, 2.24) is 24.4 Å². The van der Waals surface area contributed by atoms with Crippen molar-refractivity contribution in [2.75, 3.05) is 13.1 Å². The van der Waals surface area contributed by atoms with Gasteiger partial charge < -0.3 is 5.32 Å². The van der Waals surface area contributed by atoms with Crippen molar-refractivity contribution in [2.45, 2.75) is 24.3 Å². The van der Waals surface area contributed by atoms with Crippen LogP contribution in [0.25, 0.3) is 5.82 Å². The van der Waals surface area contributed by atoms with Gasteiger partial charge in [-0.2, -0.15) is 9.40 Å². The summed E-state index contributed by atoms with van der Waals surface area (Å²) in [6.07, 6.45) is 5.96. The van der Waals surface area contributed by atoms with Crippen molar-refractivity contribution >= 4 is 39.1 Å². The lowest BCUT2D eigenvalue weighted by molar-refractivity contribution is -0.126. The third-order valence-corrected chi connectivity index (χ3v) is 7.99. The smallest absolute Gasteiger partial charge is 0.244 e. The minimum Gasteiger partial charge on any atom is -0.352 e. The van der Waals surface area contributed by atoms with Gasteiger partial charge in [-0.1, -0.05) is 29.3 Å². The van der Waals surface area contributed by atoms with Crippen LogP contribution in [0.5, 0.6) is 0 Å². The third kappa shape index (κ3) is 4.80. The fraction of sp³-hybridized carbons (Fsp3) is 0.286. The van der Waals surface area contributed by atoms with Crippen molar-refractivity contribution in [3.63, 3.8) is 0 Å². The number of sulfonamides is 1. The van der Waals surface area contributed by atoms with Gasteiger partial charge in [0.15, 0.2) is 5.82 Å². The molecule has 4 rings (SSSR count). The van der Waals surface area contributed by atoms with E-state index in [1.54, 1.807) is 41.5 Å². The van der Waals surface area contributed by atoms with Crippen LogP contribution in [-0.2, 0) is 21.4 Å². The van der Waals surface area contributed by atoms with Crippen molar-refractivity contribution in [3.05, 3.63) is 70.6 Å². The summed E-state index contributed by atoms with van der Waals surface area (Å²) in [6.45, 7) is 0.766. The predicted molar refractivity (Wildman–Crippen MR) is 121 cm³/mol. The van der Waals surface area contributed by atoms with Gasteiger partial charge in [-0.25, -0.2) is 18.1 Å². The number of hydrogen-bond donors (Lipinski definition) is 1. The Morgan fingerprint density at radius 1 is 1.12 bits per heavy atom. The molecule has 3 heterocycles. The number of hydrogen-bond acceptors (Lipinski definition) is 5. The average Bonchev–Trinajstić information content (AvgIpc) is 3.34. The topological polar surface area (TPSA) is 97.2 Å². The quantitative estimate of drug-likeness (QED) is 0.567. The van der Waals surface area contributed by atoms with E-state index in [2.05, 4.69) is 15.4 Å². The van der Waals surface area contributed by atoms with Crippen LogP contribution in [0.2, 0.25) is 10.0 Å². The van der Waals surface area contributed by atoms with Crippen LogP contribution in [0.15, 0.2) is 59.9 Å². The minimum atomic E-state index is -3.78. The molecule has 2 aromatic heterocycles. The molecule has 0 spiro atoms. The Morgan fingerprint density at radius 2 is 1.91 bits per heavy atom. The van der Waals surface area contributed by atoms with Gasteiger partial charge >= 0.3 is 0 Å². The maximum Gasteiger partial charge on any atom is 0.244 e. The molecule has 0 aliphatic carbocycles. The first-order valence-electron chi connectivity index (χ1n) is 10.0. The van der Waals surface area contributed by atoms with Crippen LogP contribution in [0.4, 0.5) is 0 Å². The van der Waals surface area contributed by atoms with Gasteiger partial charge in [-0.3, -0.25) is 4.79 Å². The Kier molecular flexibility index (Phi) is 6.80. The summed E-state index contributed by atoms with van der Waals surface area (Å²) in [5, 5.41) is 7.56. The van der Waals surface area contributed by atoms with Gasteiger partial charge in [0.05, 0.1) is 5.02 Å². The monoisotopic (exact) mass is 493 g/mol. The number of piperidine rings is 1. The number of carbonyl (C=O) groups is 1. The molecule has 3 aromatic rings. The highest BCUT2D eigenvalue weighted by molar-refractivity contribution is 7.89. The summed E-state index contributed by atoms with van der Waals surface area (Å²) < 4.78 is 28.9. The molecule has 0 unspecified atom stereocenters. The number of aromatic nitrogens is 3. The molecule has 1 N–H and O–H groups in total. The van der Waals surface area contributed by atoms with Crippen LogP contribution in [0, 0.1) is 5.92 Å². The van der Waals surface area contributed by atoms with Gasteiger partial charge in [0.25, 0.3) is 0 Å². The summed E-state index contributed by atoms with van der Waals surface area (Å²) in [4.78, 5) is 17.1. The molecule has 1 fully saturated rings. The van der Waals surface area contributed by atoms with Crippen LogP contribution in [0.1, 0.15) is 18.4 Å². The van der Waals surface area contributed by atoms with Gasteiger partial charge in [0, 0.05) is 54.7 Å². The zero-order valence-electron chi connectivity index (χ0n) is 17.0. The van der Waals surface area contributed by atoms with Gasteiger partial charge in [0.1, 0.15) is 4.90 Å². The number of benzene rings is 1. The fourth-order valence-electron chi connectivity index (χ4n) is 3.67. The van der Waals surface area contributed by atoms with Crippen LogP contribution < -0.4 is 5.32 Å². The number of nitrogens with zero attached hydrogens (tertiary/aromatic N) is 4. The van der Waals surface area contributed by atoms with E-state index < -0.39 is 10.0 Å². The van der Waals surface area contributed by atoms with E-state index >= 15 is 0 Å². The second-order valence-electron chi connectivity index (χ2n) is 7.41. The van der Waals surface area contributed by atoms with Crippen molar-refractivity contribution in [1.29, 1.82) is 0 Å². The number of carbonyl (C=O) groups excluding carboxylic acids is 1. The van der Waals surface area contributed by atoms with Crippen molar-refractivity contribution in [3.8, 4) is 5.82 Å². The number of nitrogens with one attached hydrogen (secondary N) is 1. The Balaban J connectivity index is 1.37. The fourth-order valence-corrected chi connectivity index (χ4v) is 5.87. The third-order valence-electron chi connectivity index (χ3n) is 5.38. The van der Waals surface area contributed by atoms with E-state index in [4.69, 9.17) is 23.2 Å². The molecule has 0 atom stereocenters. The summed E-state index contributed by atoms with van der Waals surface area (Å²) in [5.41, 5.74) is 0.833. The molecule has 11 heteroatoms. The molecule has 1 aliphatic heterocycles. The summed E-state index contributed by atoms with van der Waals surface area (Å²) >= 11 is 12.0. The maximum atomic E-state index is 13.0. The first kappa shape index (κ1) is 22.7. The lowest BCUT2D eigenvalue weighted by Gasteiger charge is -2.30. The standard InChI is InChI=1S/C21H21Cl2N5O3S/c22-17-4-5-18(23)19(13-17)32(30,31)27-11-6-15(7-12-27)21(29)25-14-16-3-1-8-24-20(16)28-10-2-9-26-28/h1-5,8-10,13,15H,6-7,11-12,14H2,(H,25,29). The molecule has 0 saturated carbocycles. The van der Waals surface area contributed by atoms with Crippen molar-refractivity contribution in [2.24, 2.45) is 5.92 Å². The zero-order valence-corrected chi connectivity index (χ0v) is 19.3. The SMILES string of the molecule is O=C(NCc1cccnc1-n1cccn1)C1CCN(S(=O)(=O)c2cc(Cl)ccc2Cl)CC1. The Labute approximate surface area is 196 Å². The van der Waals surface area contributed by atoms with E-state index in [1.165, 1.54) is 16.4 Å². The minimum absolute atomic E-state index is 0.0164. The molecule has 1 aromatic carbocycles. The molecule has 8 nitrogen and oxygen atoms in total. The van der Waals surface area contributed by atoms with Crippen LogP contribution in [-0.4, -0.2) is 46.5 Å². The molecule has 1 saturated heterocycles. The van der Waals surface area contributed by atoms with E-state index in [0.29, 0.717) is 30.2 Å². The van der Waals surface area contributed by atoms with Gasteiger partial charge in [-0.15, -0.1) is 0 Å². The summed E-state index contributed by atoms with van der Waals surface area (Å²) in [6, 6.07) is 9.85. The first-order valence-corrected chi connectivity index (χ1v) is 12.2. The van der Waals surface area contributed by atoms with Crippen LogP contribution in [0.3, 0.4) is 0 Å². The highest BCUT2D eigenvalue weighted by atomic mass is 35.5. The second kappa shape index (κ2) is 9.58. The van der Waals surface area contributed by atoms with E-state index in [0.717, 1.165) is 5.56 Å². The molecule has 32 heavy (non-hydrogen) atoms. The van der Waals surface area contributed by atoms with Gasteiger partial charge in [0.2, 0.25) is 15.9 Å². The molecule has 0 bridgehead atoms. The highest BCUT2D eigenvalue weighted by Crippen LogP contribution is 2.30. The number of halogens is 2. The lowest BCUT2D eigenvalue weighted by Crippen LogP contribution is -2.43. The highest BCUT2D eigenvalue weighted by Gasteiger charge is 2.33. The lowest BCUT2D eigenvalue weighted by atomic mass is 9.97. The molecular formula is C21H21Cl2N5O3S. The van der Waals surface area contributed by atoms with Crippen molar-refractivity contribution < 1.29 is 13.2 Å². The summed E-state index contributed by atoms with van der Waals surface area (Å²) in [5.74, 6) is 0.260. The molecule has 1 aliphatic rings. The Hall–Kier alpha value is -2.46. The maximum absolute atomic E-state index is 13.0. The molecule has 168 valence electrons. The zero-order chi connectivity index (χ0) is 22.7. The summed E-state index contributed by atoms with van der Waals surface area (Å²) in [7, 11) is -3.78. The van der Waals surface area contributed by atoms with Gasteiger partial charge in [-0.05, 0) is 43.2 Å². The van der Waals surface area contributed by atoms with E-state index in [-0.39, 0.29) is 34.8 Å². The molecule has 1 amide bonds. The average molecular weight is 494 g/mol.